The SMILES string of the molecule is CC(C)CNCCC=Cc1ccc(F)c(F)c1F. The van der Waals surface area contributed by atoms with E-state index >= 15 is 0 Å². The van der Waals surface area contributed by atoms with Gasteiger partial charge in [0, 0.05) is 5.56 Å². The molecule has 0 aromatic heterocycles. The van der Waals surface area contributed by atoms with E-state index in [0.717, 1.165) is 19.2 Å². The lowest BCUT2D eigenvalue weighted by Gasteiger charge is -2.05. The fourth-order valence-corrected chi connectivity index (χ4v) is 1.46. The molecule has 0 spiro atoms. The van der Waals surface area contributed by atoms with Gasteiger partial charge in [0.2, 0.25) is 0 Å². The Bertz CT molecular complexity index is 414. The zero-order valence-electron chi connectivity index (χ0n) is 10.6. The van der Waals surface area contributed by atoms with Gasteiger partial charge in [0.25, 0.3) is 0 Å². The van der Waals surface area contributed by atoms with Gasteiger partial charge in [-0.05, 0) is 37.6 Å². The molecule has 0 aliphatic carbocycles. The fraction of sp³-hybridized carbons (Fsp3) is 0.429. The Hall–Kier alpha value is -1.29. The lowest BCUT2D eigenvalue weighted by molar-refractivity contribution is 0.446. The highest BCUT2D eigenvalue weighted by Gasteiger charge is 2.10. The highest BCUT2D eigenvalue weighted by atomic mass is 19.2. The van der Waals surface area contributed by atoms with Gasteiger partial charge in [-0.3, -0.25) is 0 Å². The number of halogens is 3. The summed E-state index contributed by atoms with van der Waals surface area (Å²) in [6.07, 6.45) is 3.92. The molecule has 0 fully saturated rings. The molecule has 0 saturated carbocycles. The molecule has 0 radical (unpaired) electrons. The van der Waals surface area contributed by atoms with Gasteiger partial charge in [-0.2, -0.15) is 0 Å². The van der Waals surface area contributed by atoms with E-state index in [1.165, 1.54) is 12.1 Å². The average molecular weight is 257 g/mol. The predicted octanol–water partition coefficient (Wildman–Crippen LogP) is 3.75. The maximum atomic E-state index is 13.3. The summed E-state index contributed by atoms with van der Waals surface area (Å²) in [5.74, 6) is -3.14. The molecule has 100 valence electrons. The molecular weight excluding hydrogens is 239 g/mol. The molecule has 4 heteroatoms. The summed E-state index contributed by atoms with van der Waals surface area (Å²) in [4.78, 5) is 0. The molecule has 1 nitrogen and oxygen atoms in total. The first-order chi connectivity index (χ1) is 8.52. The minimum atomic E-state index is -1.42. The Labute approximate surface area is 106 Å². The van der Waals surface area contributed by atoms with E-state index in [2.05, 4.69) is 19.2 Å². The largest absolute Gasteiger partial charge is 0.316 e. The van der Waals surface area contributed by atoms with E-state index in [0.29, 0.717) is 12.3 Å². The Balaban J connectivity index is 2.45. The minimum Gasteiger partial charge on any atom is -0.316 e. The molecule has 0 amide bonds. The van der Waals surface area contributed by atoms with Crippen molar-refractivity contribution >= 4 is 6.08 Å². The highest BCUT2D eigenvalue weighted by Crippen LogP contribution is 2.16. The smallest absolute Gasteiger partial charge is 0.195 e. The average Bonchev–Trinajstić information content (AvgIpc) is 2.33. The van der Waals surface area contributed by atoms with Gasteiger partial charge in [0.1, 0.15) is 0 Å². The van der Waals surface area contributed by atoms with Crippen LogP contribution in [0.25, 0.3) is 6.08 Å². The molecule has 0 bridgehead atoms. The van der Waals surface area contributed by atoms with Gasteiger partial charge in [-0.15, -0.1) is 0 Å². The maximum absolute atomic E-state index is 13.3. The lowest BCUT2D eigenvalue weighted by Crippen LogP contribution is -2.20. The van der Waals surface area contributed by atoms with Gasteiger partial charge in [-0.1, -0.05) is 26.0 Å². The number of benzene rings is 1. The lowest BCUT2D eigenvalue weighted by atomic mass is 10.1. The van der Waals surface area contributed by atoms with E-state index in [1.807, 2.05) is 0 Å². The van der Waals surface area contributed by atoms with E-state index in [9.17, 15) is 13.2 Å². The van der Waals surface area contributed by atoms with Crippen molar-refractivity contribution in [1.82, 2.24) is 5.32 Å². The van der Waals surface area contributed by atoms with Crippen LogP contribution in [0.2, 0.25) is 0 Å². The van der Waals surface area contributed by atoms with Crippen molar-refractivity contribution in [3.8, 4) is 0 Å². The topological polar surface area (TPSA) is 12.0 Å². The fourth-order valence-electron chi connectivity index (χ4n) is 1.46. The number of hydrogen-bond donors (Lipinski definition) is 1. The normalized spacial score (nSPS) is 11.7. The first-order valence-electron chi connectivity index (χ1n) is 6.03. The number of nitrogens with one attached hydrogen (secondary N) is 1. The van der Waals surface area contributed by atoms with Gasteiger partial charge >= 0.3 is 0 Å². The molecule has 0 aliphatic rings. The number of hydrogen-bond acceptors (Lipinski definition) is 1. The molecular formula is C14H18F3N. The molecule has 0 saturated heterocycles. The van der Waals surface area contributed by atoms with Crippen LogP contribution in [-0.4, -0.2) is 13.1 Å². The third kappa shape index (κ3) is 4.53. The van der Waals surface area contributed by atoms with Gasteiger partial charge in [0.05, 0.1) is 0 Å². The monoisotopic (exact) mass is 257 g/mol. The van der Waals surface area contributed by atoms with Crippen molar-refractivity contribution in [2.75, 3.05) is 13.1 Å². The Morgan fingerprint density at radius 3 is 2.56 bits per heavy atom. The summed E-state index contributed by atoms with van der Waals surface area (Å²) in [5.41, 5.74) is 0.0674. The highest BCUT2D eigenvalue weighted by molar-refractivity contribution is 5.50. The first kappa shape index (κ1) is 14.8. The van der Waals surface area contributed by atoms with Crippen LogP contribution in [0.4, 0.5) is 13.2 Å². The molecule has 0 unspecified atom stereocenters. The van der Waals surface area contributed by atoms with Gasteiger partial charge in [0.15, 0.2) is 17.5 Å². The zero-order valence-corrected chi connectivity index (χ0v) is 10.6. The Kier molecular flexibility index (Phi) is 5.92. The zero-order chi connectivity index (χ0) is 13.5. The van der Waals surface area contributed by atoms with Gasteiger partial charge in [-0.25, -0.2) is 13.2 Å². The molecule has 1 rings (SSSR count). The van der Waals surface area contributed by atoms with Crippen LogP contribution in [0.5, 0.6) is 0 Å². The quantitative estimate of drug-likeness (QED) is 0.604. The van der Waals surface area contributed by atoms with Crippen molar-refractivity contribution in [1.29, 1.82) is 0 Å². The maximum Gasteiger partial charge on any atom is 0.195 e. The van der Waals surface area contributed by atoms with Crippen molar-refractivity contribution < 1.29 is 13.2 Å². The molecule has 1 N–H and O–H groups in total. The van der Waals surface area contributed by atoms with E-state index in [-0.39, 0.29) is 5.56 Å². The Morgan fingerprint density at radius 1 is 1.17 bits per heavy atom. The molecule has 0 atom stereocenters. The second-order valence-corrected chi connectivity index (χ2v) is 4.55. The summed E-state index contributed by atoms with van der Waals surface area (Å²) in [5, 5.41) is 3.23. The molecule has 1 aromatic rings. The first-order valence-corrected chi connectivity index (χ1v) is 6.03. The molecule has 0 aliphatic heterocycles. The van der Waals surface area contributed by atoms with Crippen LogP contribution in [-0.2, 0) is 0 Å². The summed E-state index contributed by atoms with van der Waals surface area (Å²) in [6, 6.07) is 2.15. The minimum absolute atomic E-state index is 0.0674. The molecule has 18 heavy (non-hydrogen) atoms. The van der Waals surface area contributed by atoms with Crippen molar-refractivity contribution in [2.45, 2.75) is 20.3 Å². The molecule has 0 heterocycles. The van der Waals surface area contributed by atoms with Crippen molar-refractivity contribution in [3.05, 3.63) is 41.2 Å². The van der Waals surface area contributed by atoms with Crippen LogP contribution in [0, 0.1) is 23.4 Å². The van der Waals surface area contributed by atoms with Crippen LogP contribution >= 0.6 is 0 Å². The standard InChI is InChI=1S/C14H18F3N/c1-10(2)9-18-8-4-3-5-11-6-7-12(15)14(17)13(11)16/h3,5-7,10,18H,4,8-9H2,1-2H3. The number of rotatable bonds is 6. The third-order valence-corrected chi connectivity index (χ3v) is 2.40. The van der Waals surface area contributed by atoms with E-state index in [1.54, 1.807) is 6.08 Å². The summed E-state index contributed by atoms with van der Waals surface area (Å²) in [7, 11) is 0. The summed E-state index contributed by atoms with van der Waals surface area (Å²) in [6.45, 7) is 5.92. The Morgan fingerprint density at radius 2 is 1.89 bits per heavy atom. The van der Waals surface area contributed by atoms with E-state index < -0.39 is 17.5 Å². The van der Waals surface area contributed by atoms with Crippen molar-refractivity contribution in [3.63, 3.8) is 0 Å². The second kappa shape index (κ2) is 7.21. The van der Waals surface area contributed by atoms with Crippen LogP contribution in [0.15, 0.2) is 18.2 Å². The third-order valence-electron chi connectivity index (χ3n) is 2.40. The van der Waals surface area contributed by atoms with E-state index in [4.69, 9.17) is 0 Å². The van der Waals surface area contributed by atoms with Crippen LogP contribution < -0.4 is 5.32 Å². The predicted molar refractivity (Wildman–Crippen MR) is 67.7 cm³/mol. The summed E-state index contributed by atoms with van der Waals surface area (Å²) < 4.78 is 38.9. The molecule has 1 aromatic carbocycles. The van der Waals surface area contributed by atoms with Crippen molar-refractivity contribution in [2.24, 2.45) is 5.92 Å². The van der Waals surface area contributed by atoms with Crippen LogP contribution in [0.1, 0.15) is 25.8 Å². The van der Waals surface area contributed by atoms with Crippen LogP contribution in [0.3, 0.4) is 0 Å². The van der Waals surface area contributed by atoms with Gasteiger partial charge < -0.3 is 5.32 Å². The summed E-state index contributed by atoms with van der Waals surface area (Å²) >= 11 is 0. The second-order valence-electron chi connectivity index (χ2n) is 4.55.